The highest BCUT2D eigenvalue weighted by atomic mass is 32.2. The Bertz CT molecular complexity index is 321. The van der Waals surface area contributed by atoms with E-state index in [0.717, 1.165) is 19.3 Å². The number of sulfone groups is 1. The largest absolute Gasteiger partial charge is 0.468 e. The quantitative estimate of drug-likeness (QED) is 0.630. The van der Waals surface area contributed by atoms with E-state index in [2.05, 4.69) is 4.74 Å². The van der Waals surface area contributed by atoms with Crippen molar-refractivity contribution in [2.24, 2.45) is 5.92 Å². The molecule has 0 saturated heterocycles. The maximum Gasteiger partial charge on any atom is 0.324 e. The minimum absolute atomic E-state index is 0.0625. The summed E-state index contributed by atoms with van der Waals surface area (Å²) >= 11 is 0. The fraction of sp³-hybridized carbons (Fsp3) is 0.917. The highest BCUT2D eigenvalue weighted by molar-refractivity contribution is 7.92. The van der Waals surface area contributed by atoms with Crippen LogP contribution in [-0.4, -0.2) is 32.5 Å². The zero-order valence-corrected chi connectivity index (χ0v) is 12.0. The summed E-state index contributed by atoms with van der Waals surface area (Å²) in [6, 6.07) is 0. The summed E-state index contributed by atoms with van der Waals surface area (Å²) in [4.78, 5) is 11.5. The van der Waals surface area contributed by atoms with E-state index in [1.54, 1.807) is 0 Å². The van der Waals surface area contributed by atoms with Crippen LogP contribution in [0.5, 0.6) is 0 Å². The molecular formula is C12H24O4S. The smallest absolute Gasteiger partial charge is 0.324 e. The van der Waals surface area contributed by atoms with Gasteiger partial charge in [-0.05, 0) is 12.3 Å². The third-order valence-corrected chi connectivity index (χ3v) is 5.26. The second-order valence-electron chi connectivity index (χ2n) is 4.50. The van der Waals surface area contributed by atoms with Gasteiger partial charge in [-0.15, -0.1) is 0 Å². The molecule has 4 nitrogen and oxygen atoms in total. The average Bonchev–Trinajstić information content (AvgIpc) is 2.28. The van der Waals surface area contributed by atoms with Gasteiger partial charge >= 0.3 is 5.97 Å². The number of unbranched alkanes of at least 4 members (excludes halogenated alkanes) is 1. The standard InChI is InChI=1S/C12H24O4S/c1-5-7-8-11(12(13)16-4)17(14,15)9-10(3)6-2/h10-11H,5-9H2,1-4H3. The molecule has 0 fully saturated rings. The lowest BCUT2D eigenvalue weighted by molar-refractivity contribution is -0.140. The molecule has 2 atom stereocenters. The monoisotopic (exact) mass is 264 g/mol. The molecule has 0 saturated carbocycles. The molecule has 0 aromatic rings. The Labute approximate surface area is 105 Å². The molecule has 0 spiro atoms. The van der Waals surface area contributed by atoms with E-state index < -0.39 is 21.1 Å². The summed E-state index contributed by atoms with van der Waals surface area (Å²) in [6.07, 6.45) is 2.74. The minimum Gasteiger partial charge on any atom is -0.468 e. The predicted molar refractivity (Wildman–Crippen MR) is 68.6 cm³/mol. The van der Waals surface area contributed by atoms with Crippen LogP contribution in [0.3, 0.4) is 0 Å². The van der Waals surface area contributed by atoms with E-state index in [1.165, 1.54) is 7.11 Å². The van der Waals surface area contributed by atoms with Crippen LogP contribution in [0.4, 0.5) is 0 Å². The van der Waals surface area contributed by atoms with Gasteiger partial charge in [-0.1, -0.05) is 40.0 Å². The van der Waals surface area contributed by atoms with Gasteiger partial charge in [0, 0.05) is 0 Å². The summed E-state index contributed by atoms with van der Waals surface area (Å²) in [7, 11) is -2.16. The molecule has 0 aromatic heterocycles. The van der Waals surface area contributed by atoms with Gasteiger partial charge in [0.2, 0.25) is 0 Å². The normalized spacial score (nSPS) is 15.3. The van der Waals surface area contributed by atoms with Crippen LogP contribution in [0.15, 0.2) is 0 Å². The molecule has 0 amide bonds. The predicted octanol–water partition coefficient (Wildman–Crippen LogP) is 2.18. The summed E-state index contributed by atoms with van der Waals surface area (Å²) in [5.74, 6) is -0.483. The lowest BCUT2D eigenvalue weighted by atomic mass is 10.2. The van der Waals surface area contributed by atoms with Gasteiger partial charge in [-0.2, -0.15) is 0 Å². The molecule has 102 valence electrons. The fourth-order valence-electron chi connectivity index (χ4n) is 1.60. The first-order chi connectivity index (χ1) is 7.88. The Kier molecular flexibility index (Phi) is 7.43. The van der Waals surface area contributed by atoms with Crippen LogP contribution in [0.2, 0.25) is 0 Å². The minimum atomic E-state index is -3.39. The lowest BCUT2D eigenvalue weighted by Crippen LogP contribution is -2.34. The van der Waals surface area contributed by atoms with Gasteiger partial charge in [0.1, 0.15) is 0 Å². The van der Waals surface area contributed by atoms with Crippen molar-refractivity contribution in [3.8, 4) is 0 Å². The van der Waals surface area contributed by atoms with Crippen molar-refractivity contribution < 1.29 is 17.9 Å². The highest BCUT2D eigenvalue weighted by Gasteiger charge is 2.33. The summed E-state index contributed by atoms with van der Waals surface area (Å²) < 4.78 is 28.8. The Morgan fingerprint density at radius 2 is 1.88 bits per heavy atom. The molecule has 0 bridgehead atoms. The molecule has 0 aliphatic heterocycles. The van der Waals surface area contributed by atoms with Crippen molar-refractivity contribution in [3.63, 3.8) is 0 Å². The fourth-order valence-corrected chi connectivity index (χ4v) is 3.77. The van der Waals surface area contributed by atoms with Crippen molar-refractivity contribution in [1.82, 2.24) is 0 Å². The second kappa shape index (κ2) is 7.69. The molecule has 0 aromatic carbocycles. The first-order valence-corrected chi connectivity index (χ1v) is 7.89. The molecule has 0 radical (unpaired) electrons. The molecule has 5 heteroatoms. The van der Waals surface area contributed by atoms with Gasteiger partial charge in [-0.3, -0.25) is 4.79 Å². The second-order valence-corrected chi connectivity index (χ2v) is 6.73. The molecule has 0 rings (SSSR count). The van der Waals surface area contributed by atoms with Crippen LogP contribution in [-0.2, 0) is 19.4 Å². The van der Waals surface area contributed by atoms with Crippen LogP contribution < -0.4 is 0 Å². The zero-order chi connectivity index (χ0) is 13.5. The highest BCUT2D eigenvalue weighted by Crippen LogP contribution is 2.17. The first-order valence-electron chi connectivity index (χ1n) is 6.18. The first kappa shape index (κ1) is 16.4. The van der Waals surface area contributed by atoms with E-state index >= 15 is 0 Å². The Morgan fingerprint density at radius 3 is 2.29 bits per heavy atom. The van der Waals surface area contributed by atoms with Crippen LogP contribution in [0.25, 0.3) is 0 Å². The molecule has 2 unspecified atom stereocenters. The maximum atomic E-state index is 12.1. The average molecular weight is 264 g/mol. The molecule has 17 heavy (non-hydrogen) atoms. The third-order valence-electron chi connectivity index (χ3n) is 2.93. The van der Waals surface area contributed by atoms with E-state index in [-0.39, 0.29) is 11.7 Å². The molecule has 0 aliphatic carbocycles. The Morgan fingerprint density at radius 1 is 1.29 bits per heavy atom. The van der Waals surface area contributed by atoms with Crippen molar-refractivity contribution >= 4 is 15.8 Å². The summed E-state index contributed by atoms with van der Waals surface area (Å²) in [5, 5.41) is -0.985. The topological polar surface area (TPSA) is 60.4 Å². The van der Waals surface area contributed by atoms with Crippen molar-refractivity contribution in [2.45, 2.75) is 51.7 Å². The van der Waals surface area contributed by atoms with Gasteiger partial charge in [0.05, 0.1) is 12.9 Å². The zero-order valence-electron chi connectivity index (χ0n) is 11.2. The van der Waals surface area contributed by atoms with Gasteiger partial charge in [0.15, 0.2) is 15.1 Å². The van der Waals surface area contributed by atoms with Gasteiger partial charge in [-0.25, -0.2) is 8.42 Å². The van der Waals surface area contributed by atoms with Crippen LogP contribution in [0, 0.1) is 5.92 Å². The molecular weight excluding hydrogens is 240 g/mol. The van der Waals surface area contributed by atoms with Gasteiger partial charge in [0.25, 0.3) is 0 Å². The van der Waals surface area contributed by atoms with E-state index in [0.29, 0.717) is 6.42 Å². The van der Waals surface area contributed by atoms with Gasteiger partial charge < -0.3 is 4.74 Å². The van der Waals surface area contributed by atoms with Crippen molar-refractivity contribution in [3.05, 3.63) is 0 Å². The lowest BCUT2D eigenvalue weighted by Gasteiger charge is -2.17. The Hall–Kier alpha value is -0.580. The van der Waals surface area contributed by atoms with E-state index in [1.807, 2.05) is 20.8 Å². The van der Waals surface area contributed by atoms with E-state index in [9.17, 15) is 13.2 Å². The SMILES string of the molecule is CCCCC(C(=O)OC)S(=O)(=O)CC(C)CC. The summed E-state index contributed by atoms with van der Waals surface area (Å²) in [6.45, 7) is 5.79. The number of ether oxygens (including phenoxy) is 1. The van der Waals surface area contributed by atoms with Crippen molar-refractivity contribution in [2.75, 3.05) is 12.9 Å². The Balaban J connectivity index is 4.82. The molecule has 0 aliphatic rings. The van der Waals surface area contributed by atoms with Crippen LogP contribution in [0.1, 0.15) is 46.5 Å². The van der Waals surface area contributed by atoms with E-state index in [4.69, 9.17) is 0 Å². The number of methoxy groups -OCH3 is 1. The number of hydrogen-bond donors (Lipinski definition) is 0. The molecule has 0 N–H and O–H groups in total. The number of carbonyl (C=O) groups excluding carboxylic acids is 1. The van der Waals surface area contributed by atoms with Crippen molar-refractivity contribution in [1.29, 1.82) is 0 Å². The third kappa shape index (κ3) is 5.52. The number of hydrogen-bond acceptors (Lipinski definition) is 4. The number of carbonyl (C=O) groups is 1. The number of rotatable bonds is 8. The van der Waals surface area contributed by atoms with Crippen LogP contribution >= 0.6 is 0 Å². The number of esters is 1. The molecule has 0 heterocycles. The summed E-state index contributed by atoms with van der Waals surface area (Å²) in [5.41, 5.74) is 0. The maximum absolute atomic E-state index is 12.1.